The van der Waals surface area contributed by atoms with E-state index in [4.69, 9.17) is 15.7 Å². The van der Waals surface area contributed by atoms with Crippen LogP contribution in [0.25, 0.3) is 11.3 Å². The lowest BCUT2D eigenvalue weighted by Gasteiger charge is -2.44. The lowest BCUT2D eigenvalue weighted by atomic mass is 9.55. The molecule has 1 aliphatic heterocycles. The van der Waals surface area contributed by atoms with Gasteiger partial charge in [0.1, 0.15) is 0 Å². The summed E-state index contributed by atoms with van der Waals surface area (Å²) >= 11 is 0. The summed E-state index contributed by atoms with van der Waals surface area (Å²) in [4.78, 5) is 18.4. The Labute approximate surface area is 143 Å². The highest BCUT2D eigenvalue weighted by Crippen LogP contribution is 2.48. The summed E-state index contributed by atoms with van der Waals surface area (Å²) in [6.07, 6.45) is 5.43. The number of nitrogens with one attached hydrogen (secondary N) is 1. The molecule has 0 bridgehead atoms. The van der Waals surface area contributed by atoms with E-state index < -0.39 is 5.34 Å². The van der Waals surface area contributed by atoms with Crippen LogP contribution in [-0.4, -0.2) is 43.4 Å². The van der Waals surface area contributed by atoms with E-state index in [0.717, 1.165) is 35.2 Å². The smallest absolute Gasteiger partial charge is 0.228 e. The van der Waals surface area contributed by atoms with Crippen molar-refractivity contribution in [3.8, 4) is 11.3 Å². The predicted molar refractivity (Wildman–Crippen MR) is 94.1 cm³/mol. The first-order valence-electron chi connectivity index (χ1n) is 7.97. The van der Waals surface area contributed by atoms with Crippen LogP contribution < -0.4 is 10.2 Å². The molecule has 3 heterocycles. The summed E-state index contributed by atoms with van der Waals surface area (Å²) in [5.41, 5.74) is 4.05. The molecular formula is C16H17B2N5O. The Morgan fingerprint density at radius 2 is 2.08 bits per heavy atom. The SMILES string of the molecule is [B]C1([B])c2cn(C)nc2-c2c(C)cnc(NC(=O)C3CC3)c2N1C. The Kier molecular flexibility index (Phi) is 3.11. The first-order valence-corrected chi connectivity index (χ1v) is 7.97. The maximum atomic E-state index is 12.2. The third kappa shape index (κ3) is 2.08. The van der Waals surface area contributed by atoms with Gasteiger partial charge >= 0.3 is 0 Å². The van der Waals surface area contributed by atoms with Gasteiger partial charge in [-0.05, 0) is 30.7 Å². The third-order valence-electron chi connectivity index (χ3n) is 4.82. The average Bonchev–Trinajstić information content (AvgIpc) is 3.29. The van der Waals surface area contributed by atoms with E-state index in [9.17, 15) is 4.79 Å². The number of pyridine rings is 1. The second kappa shape index (κ2) is 4.88. The molecule has 0 atom stereocenters. The number of fused-ring (bicyclic) bond motifs is 3. The maximum Gasteiger partial charge on any atom is 0.228 e. The summed E-state index contributed by atoms with van der Waals surface area (Å²) in [7, 11) is 16.4. The van der Waals surface area contributed by atoms with Crippen LogP contribution in [0.4, 0.5) is 11.5 Å². The van der Waals surface area contributed by atoms with Crippen molar-refractivity contribution in [1.29, 1.82) is 0 Å². The highest BCUT2D eigenvalue weighted by atomic mass is 16.2. The van der Waals surface area contributed by atoms with E-state index in [2.05, 4.69) is 15.4 Å². The van der Waals surface area contributed by atoms with Crippen LogP contribution in [0.5, 0.6) is 0 Å². The van der Waals surface area contributed by atoms with Gasteiger partial charge in [-0.1, -0.05) is 0 Å². The van der Waals surface area contributed by atoms with E-state index >= 15 is 0 Å². The van der Waals surface area contributed by atoms with Crippen molar-refractivity contribution in [3.05, 3.63) is 23.5 Å². The number of amides is 1. The minimum atomic E-state index is -1.23. The second-order valence-corrected chi connectivity index (χ2v) is 6.73. The molecular weight excluding hydrogens is 300 g/mol. The molecule has 2 aromatic heterocycles. The number of carbonyl (C=O) groups excluding carboxylic acids is 1. The first kappa shape index (κ1) is 15.3. The molecule has 1 N–H and O–H groups in total. The van der Waals surface area contributed by atoms with Crippen LogP contribution >= 0.6 is 0 Å². The van der Waals surface area contributed by atoms with Gasteiger partial charge in [0, 0.05) is 43.5 Å². The van der Waals surface area contributed by atoms with Crippen LogP contribution in [0.15, 0.2) is 12.4 Å². The van der Waals surface area contributed by atoms with Crippen LogP contribution in [0.1, 0.15) is 24.0 Å². The summed E-state index contributed by atoms with van der Waals surface area (Å²) in [6.45, 7) is 1.96. The standard InChI is InChI=1S/C16H17B2N5O/c1-8-6-19-14(20-15(24)9-4-5-9)13-11(8)12-10(7-22(2)21-12)16(17,18)23(13)3/h6-7,9H,4-5H2,1-3H3,(H,19,20,24). The Morgan fingerprint density at radius 1 is 1.38 bits per heavy atom. The van der Waals surface area contributed by atoms with Gasteiger partial charge in [0.2, 0.25) is 5.91 Å². The molecule has 1 aliphatic carbocycles. The van der Waals surface area contributed by atoms with Gasteiger partial charge in [-0.25, -0.2) is 4.98 Å². The summed E-state index contributed by atoms with van der Waals surface area (Å²) in [5, 5.41) is 6.24. The Hall–Kier alpha value is -2.24. The van der Waals surface area contributed by atoms with Crippen molar-refractivity contribution in [2.75, 3.05) is 17.3 Å². The molecule has 1 saturated carbocycles. The average molecular weight is 317 g/mol. The zero-order valence-corrected chi connectivity index (χ0v) is 14.0. The molecule has 4 rings (SSSR count). The lowest BCUT2D eigenvalue weighted by molar-refractivity contribution is -0.117. The summed E-state index contributed by atoms with van der Waals surface area (Å²) < 4.78 is 1.70. The highest BCUT2D eigenvalue weighted by Gasteiger charge is 2.40. The topological polar surface area (TPSA) is 63.1 Å². The van der Waals surface area contributed by atoms with E-state index in [1.165, 1.54) is 0 Å². The van der Waals surface area contributed by atoms with Crippen molar-refractivity contribution in [2.24, 2.45) is 13.0 Å². The predicted octanol–water partition coefficient (Wildman–Crippen LogP) is 1.04. The zero-order valence-electron chi connectivity index (χ0n) is 14.0. The molecule has 118 valence electrons. The van der Waals surface area contributed by atoms with Gasteiger partial charge in [0.25, 0.3) is 0 Å². The van der Waals surface area contributed by atoms with Gasteiger partial charge in [0.15, 0.2) is 5.82 Å². The Balaban J connectivity index is 1.93. The molecule has 1 amide bonds. The van der Waals surface area contributed by atoms with Gasteiger partial charge in [-0.2, -0.15) is 5.10 Å². The molecule has 2 aromatic rings. The fraction of sp³-hybridized carbons (Fsp3) is 0.438. The fourth-order valence-corrected chi connectivity index (χ4v) is 3.21. The van der Waals surface area contributed by atoms with Crippen molar-refractivity contribution in [1.82, 2.24) is 14.8 Å². The molecule has 1 fully saturated rings. The number of aromatic nitrogens is 3. The van der Waals surface area contributed by atoms with Gasteiger partial charge in [-0.15, -0.1) is 0 Å². The van der Waals surface area contributed by atoms with E-state index in [-0.39, 0.29) is 11.8 Å². The van der Waals surface area contributed by atoms with Crippen molar-refractivity contribution < 1.29 is 4.79 Å². The number of hydrogen-bond donors (Lipinski definition) is 1. The largest absolute Gasteiger partial charge is 0.378 e. The first-order chi connectivity index (χ1) is 11.3. The lowest BCUT2D eigenvalue weighted by Crippen LogP contribution is -2.48. The molecule has 0 unspecified atom stereocenters. The number of aryl methyl sites for hydroxylation is 2. The van der Waals surface area contributed by atoms with Crippen LogP contribution in [0.2, 0.25) is 0 Å². The quantitative estimate of drug-likeness (QED) is 0.841. The molecule has 4 radical (unpaired) electrons. The minimum Gasteiger partial charge on any atom is -0.378 e. The van der Waals surface area contributed by atoms with Crippen LogP contribution in [0.3, 0.4) is 0 Å². The minimum absolute atomic E-state index is 0.00610. The summed E-state index contributed by atoms with van der Waals surface area (Å²) in [5.74, 6) is 0.559. The van der Waals surface area contributed by atoms with Gasteiger partial charge < -0.3 is 10.2 Å². The number of hydrogen-bond acceptors (Lipinski definition) is 4. The molecule has 0 spiro atoms. The number of anilines is 2. The maximum absolute atomic E-state index is 12.2. The van der Waals surface area contributed by atoms with E-state index in [0.29, 0.717) is 11.5 Å². The fourth-order valence-electron chi connectivity index (χ4n) is 3.21. The van der Waals surface area contributed by atoms with E-state index in [1.54, 1.807) is 15.8 Å². The molecule has 6 nitrogen and oxygen atoms in total. The van der Waals surface area contributed by atoms with E-state index in [1.807, 2.05) is 27.2 Å². The van der Waals surface area contributed by atoms with Crippen molar-refractivity contribution in [2.45, 2.75) is 25.1 Å². The number of carbonyl (C=O) groups is 1. The number of nitrogens with zero attached hydrogens (tertiary/aromatic N) is 4. The summed E-state index contributed by atoms with van der Waals surface area (Å²) in [6, 6.07) is 0. The third-order valence-corrected chi connectivity index (χ3v) is 4.82. The molecule has 2 aliphatic rings. The zero-order chi connectivity index (χ0) is 17.2. The molecule has 24 heavy (non-hydrogen) atoms. The Bertz CT molecular complexity index is 856. The molecule has 8 heteroatoms. The number of rotatable bonds is 2. The van der Waals surface area contributed by atoms with Crippen LogP contribution in [0, 0.1) is 12.8 Å². The van der Waals surface area contributed by atoms with Crippen molar-refractivity contribution in [3.63, 3.8) is 0 Å². The van der Waals surface area contributed by atoms with Gasteiger partial charge in [-0.3, -0.25) is 9.48 Å². The monoisotopic (exact) mass is 317 g/mol. The van der Waals surface area contributed by atoms with Crippen molar-refractivity contribution >= 4 is 33.1 Å². The van der Waals surface area contributed by atoms with Crippen LogP contribution in [-0.2, 0) is 17.2 Å². The molecule has 0 saturated heterocycles. The normalized spacial score (nSPS) is 18.0. The molecule has 0 aromatic carbocycles. The highest BCUT2D eigenvalue weighted by molar-refractivity contribution is 6.42. The Morgan fingerprint density at radius 3 is 2.75 bits per heavy atom. The second-order valence-electron chi connectivity index (χ2n) is 6.73. The van der Waals surface area contributed by atoms with Gasteiger partial charge in [0.05, 0.1) is 27.1 Å².